The van der Waals surface area contributed by atoms with Crippen LogP contribution in [0.3, 0.4) is 0 Å². The highest BCUT2D eigenvalue weighted by molar-refractivity contribution is 5.13. The van der Waals surface area contributed by atoms with Gasteiger partial charge in [-0.3, -0.25) is 0 Å². The lowest BCUT2D eigenvalue weighted by molar-refractivity contribution is -0.132. The molecule has 2 nitrogen and oxygen atoms in total. The van der Waals surface area contributed by atoms with Crippen molar-refractivity contribution >= 4 is 0 Å². The molecule has 2 aliphatic rings. The third-order valence-electron chi connectivity index (χ3n) is 5.07. The van der Waals surface area contributed by atoms with Crippen molar-refractivity contribution in [1.29, 1.82) is 0 Å². The van der Waals surface area contributed by atoms with Crippen molar-refractivity contribution in [2.24, 2.45) is 0 Å². The normalized spacial score (nSPS) is 27.5. The molecular formula is C20H30O2. The van der Waals surface area contributed by atoms with Crippen LogP contribution in [0.1, 0.15) is 69.8 Å². The van der Waals surface area contributed by atoms with E-state index >= 15 is 0 Å². The lowest BCUT2D eigenvalue weighted by atomic mass is 9.91. The molecule has 0 amide bonds. The first-order valence-corrected chi connectivity index (χ1v) is 9.21. The van der Waals surface area contributed by atoms with E-state index in [2.05, 4.69) is 24.3 Å². The summed E-state index contributed by atoms with van der Waals surface area (Å²) >= 11 is 0. The summed E-state index contributed by atoms with van der Waals surface area (Å²) in [5.41, 5.74) is 1.27. The molecule has 2 fully saturated rings. The SMILES string of the molecule is c1ccc(CO[C@H]2C[C@H](OC3CCCCCCCC3)C2)cc1. The summed E-state index contributed by atoms with van der Waals surface area (Å²) in [6.07, 6.45) is 14.4. The van der Waals surface area contributed by atoms with Crippen LogP contribution in [0.2, 0.25) is 0 Å². The van der Waals surface area contributed by atoms with Crippen LogP contribution in [-0.4, -0.2) is 18.3 Å². The lowest BCUT2D eigenvalue weighted by Gasteiger charge is -2.37. The van der Waals surface area contributed by atoms with Crippen molar-refractivity contribution in [3.8, 4) is 0 Å². The van der Waals surface area contributed by atoms with Gasteiger partial charge >= 0.3 is 0 Å². The highest BCUT2D eigenvalue weighted by Crippen LogP contribution is 2.30. The van der Waals surface area contributed by atoms with Gasteiger partial charge in [-0.05, 0) is 31.2 Å². The van der Waals surface area contributed by atoms with Gasteiger partial charge in [0.05, 0.1) is 24.9 Å². The van der Waals surface area contributed by atoms with E-state index in [9.17, 15) is 0 Å². The first kappa shape index (κ1) is 16.0. The Labute approximate surface area is 135 Å². The summed E-state index contributed by atoms with van der Waals surface area (Å²) in [6.45, 7) is 0.738. The van der Waals surface area contributed by atoms with Gasteiger partial charge < -0.3 is 9.47 Å². The summed E-state index contributed by atoms with van der Waals surface area (Å²) < 4.78 is 12.3. The molecule has 0 saturated heterocycles. The fourth-order valence-corrected chi connectivity index (χ4v) is 3.56. The van der Waals surface area contributed by atoms with Gasteiger partial charge in [-0.1, -0.05) is 68.9 Å². The highest BCUT2D eigenvalue weighted by Gasteiger charge is 2.32. The van der Waals surface area contributed by atoms with Crippen molar-refractivity contribution in [3.63, 3.8) is 0 Å². The Balaban J connectivity index is 1.32. The van der Waals surface area contributed by atoms with Gasteiger partial charge in [-0.2, -0.15) is 0 Å². The molecule has 22 heavy (non-hydrogen) atoms. The Kier molecular flexibility index (Phi) is 6.32. The van der Waals surface area contributed by atoms with Crippen LogP contribution >= 0.6 is 0 Å². The molecule has 0 atom stereocenters. The standard InChI is InChI=1S/C20H30O2/c1-2-4-9-13-18(12-8-3-1)22-20-14-19(15-20)21-16-17-10-6-5-7-11-17/h5-7,10-11,18-20H,1-4,8-9,12-16H2/t19-,20-. The van der Waals surface area contributed by atoms with Crippen molar-refractivity contribution in [3.05, 3.63) is 35.9 Å². The Hall–Kier alpha value is -0.860. The quantitative estimate of drug-likeness (QED) is 0.739. The second-order valence-corrected chi connectivity index (χ2v) is 6.97. The average molecular weight is 302 g/mol. The molecular weight excluding hydrogens is 272 g/mol. The molecule has 0 aromatic heterocycles. The molecule has 0 aliphatic heterocycles. The van der Waals surface area contributed by atoms with Gasteiger partial charge in [0.1, 0.15) is 0 Å². The minimum Gasteiger partial charge on any atom is -0.375 e. The molecule has 0 bridgehead atoms. The monoisotopic (exact) mass is 302 g/mol. The summed E-state index contributed by atoms with van der Waals surface area (Å²) in [5.74, 6) is 0. The molecule has 0 N–H and O–H groups in total. The van der Waals surface area contributed by atoms with Crippen LogP contribution < -0.4 is 0 Å². The zero-order valence-corrected chi connectivity index (χ0v) is 13.7. The third kappa shape index (κ3) is 5.10. The third-order valence-corrected chi connectivity index (χ3v) is 5.07. The van der Waals surface area contributed by atoms with Crippen LogP contribution in [0.25, 0.3) is 0 Å². The summed E-state index contributed by atoms with van der Waals surface area (Å²) in [4.78, 5) is 0. The highest BCUT2D eigenvalue weighted by atomic mass is 16.5. The van der Waals surface area contributed by atoms with Crippen molar-refractivity contribution in [2.75, 3.05) is 0 Å². The fraction of sp³-hybridized carbons (Fsp3) is 0.700. The maximum Gasteiger partial charge on any atom is 0.0720 e. The molecule has 1 aromatic carbocycles. The Morgan fingerprint density at radius 1 is 0.727 bits per heavy atom. The van der Waals surface area contributed by atoms with Gasteiger partial charge in [0.15, 0.2) is 0 Å². The van der Waals surface area contributed by atoms with E-state index in [1.807, 2.05) is 6.07 Å². The average Bonchev–Trinajstić information content (AvgIpc) is 2.64. The maximum absolute atomic E-state index is 6.32. The van der Waals surface area contributed by atoms with Gasteiger partial charge in [0.2, 0.25) is 0 Å². The molecule has 2 saturated carbocycles. The predicted octanol–water partition coefficient (Wildman–Crippen LogP) is 5.25. The second-order valence-electron chi connectivity index (χ2n) is 6.97. The van der Waals surface area contributed by atoms with Crippen LogP contribution in [0.4, 0.5) is 0 Å². The topological polar surface area (TPSA) is 18.5 Å². The fourth-order valence-electron chi connectivity index (χ4n) is 3.56. The van der Waals surface area contributed by atoms with Gasteiger partial charge in [-0.15, -0.1) is 0 Å². The number of benzene rings is 1. The molecule has 3 rings (SSSR count). The van der Waals surface area contributed by atoms with E-state index in [1.54, 1.807) is 0 Å². The molecule has 0 spiro atoms. The van der Waals surface area contributed by atoms with E-state index in [0.717, 1.165) is 19.4 Å². The van der Waals surface area contributed by atoms with Crippen LogP contribution in [0.5, 0.6) is 0 Å². The minimum absolute atomic E-state index is 0.404. The largest absolute Gasteiger partial charge is 0.375 e. The zero-order valence-electron chi connectivity index (χ0n) is 13.7. The van der Waals surface area contributed by atoms with Gasteiger partial charge in [0, 0.05) is 0 Å². The molecule has 1 aromatic rings. The Morgan fingerprint density at radius 2 is 1.36 bits per heavy atom. The number of ether oxygens (including phenoxy) is 2. The van der Waals surface area contributed by atoms with Crippen LogP contribution in [-0.2, 0) is 16.1 Å². The van der Waals surface area contributed by atoms with E-state index < -0.39 is 0 Å². The molecule has 122 valence electrons. The first-order chi connectivity index (χ1) is 10.9. The van der Waals surface area contributed by atoms with Crippen molar-refractivity contribution < 1.29 is 9.47 Å². The minimum atomic E-state index is 0.404. The van der Waals surface area contributed by atoms with E-state index in [4.69, 9.17) is 9.47 Å². The molecule has 0 unspecified atom stereocenters. The number of hydrogen-bond donors (Lipinski definition) is 0. The van der Waals surface area contributed by atoms with E-state index in [-0.39, 0.29) is 0 Å². The maximum atomic E-state index is 6.32. The van der Waals surface area contributed by atoms with E-state index in [0.29, 0.717) is 18.3 Å². The summed E-state index contributed by atoms with van der Waals surface area (Å²) in [7, 11) is 0. The van der Waals surface area contributed by atoms with Gasteiger partial charge in [0.25, 0.3) is 0 Å². The second kappa shape index (κ2) is 8.69. The summed E-state index contributed by atoms with van der Waals surface area (Å²) in [5, 5.41) is 0. The number of hydrogen-bond acceptors (Lipinski definition) is 2. The summed E-state index contributed by atoms with van der Waals surface area (Å²) in [6, 6.07) is 10.5. The van der Waals surface area contributed by atoms with Gasteiger partial charge in [-0.25, -0.2) is 0 Å². The lowest BCUT2D eigenvalue weighted by Crippen LogP contribution is -2.39. The number of rotatable bonds is 5. The Morgan fingerprint density at radius 3 is 2.05 bits per heavy atom. The first-order valence-electron chi connectivity index (χ1n) is 9.21. The molecule has 0 heterocycles. The molecule has 2 aliphatic carbocycles. The smallest absolute Gasteiger partial charge is 0.0720 e. The van der Waals surface area contributed by atoms with Crippen molar-refractivity contribution in [2.45, 2.75) is 89.1 Å². The molecule has 0 radical (unpaired) electrons. The molecule has 2 heteroatoms. The predicted molar refractivity (Wildman–Crippen MR) is 89.9 cm³/mol. The Bertz CT molecular complexity index is 401. The van der Waals surface area contributed by atoms with Crippen LogP contribution in [0, 0.1) is 0 Å². The van der Waals surface area contributed by atoms with Crippen molar-refractivity contribution in [1.82, 2.24) is 0 Å². The zero-order chi connectivity index (χ0) is 15.0. The van der Waals surface area contributed by atoms with E-state index in [1.165, 1.54) is 56.9 Å². The van der Waals surface area contributed by atoms with Crippen LogP contribution in [0.15, 0.2) is 30.3 Å².